The van der Waals surface area contributed by atoms with E-state index in [1.165, 1.54) is 18.5 Å². The van der Waals surface area contributed by atoms with Gasteiger partial charge in [-0.1, -0.05) is 47.6 Å². The fourth-order valence-electron chi connectivity index (χ4n) is 8.46. The molecule has 7 rings (SSSR count). The molecule has 13 heteroatoms. The Morgan fingerprint density at radius 3 is 2.04 bits per heavy atom. The SMILES string of the molecule is CC(C)(C)C(Cn1ncn(-c2ccc(N3CCN(c4ccc(OC[C@H]5COC(Cn6cncn6)(c6ccc(F)cc6F)C5)cc4)CC3)cc2)c1=O)C(C)(C)C. The zero-order valence-electron chi connectivity index (χ0n) is 32.7. The van der Waals surface area contributed by atoms with Crippen molar-refractivity contribution in [3.8, 4) is 11.4 Å². The van der Waals surface area contributed by atoms with Crippen LogP contribution in [0.3, 0.4) is 0 Å². The van der Waals surface area contributed by atoms with Gasteiger partial charge in [0.15, 0.2) is 0 Å². The van der Waals surface area contributed by atoms with E-state index in [0.717, 1.165) is 55.1 Å². The molecule has 0 bridgehead atoms. The molecule has 0 aliphatic carbocycles. The second-order valence-electron chi connectivity index (χ2n) is 17.1. The van der Waals surface area contributed by atoms with Crippen LogP contribution in [-0.4, -0.2) is 68.5 Å². The van der Waals surface area contributed by atoms with E-state index in [4.69, 9.17) is 9.47 Å². The molecule has 2 atom stereocenters. The summed E-state index contributed by atoms with van der Waals surface area (Å²) in [5.74, 6) is -0.262. The second kappa shape index (κ2) is 15.2. The van der Waals surface area contributed by atoms with Gasteiger partial charge in [-0.05, 0) is 77.8 Å². The Morgan fingerprint density at radius 1 is 0.836 bits per heavy atom. The van der Waals surface area contributed by atoms with Crippen LogP contribution in [0.4, 0.5) is 20.2 Å². The molecule has 2 saturated heterocycles. The number of ether oxygens (including phenoxy) is 2. The average Bonchev–Trinajstić information content (AvgIpc) is 3.90. The highest BCUT2D eigenvalue weighted by Crippen LogP contribution is 2.42. The maximum atomic E-state index is 15.0. The number of anilines is 2. The summed E-state index contributed by atoms with van der Waals surface area (Å²) in [7, 11) is 0. The lowest BCUT2D eigenvalue weighted by atomic mass is 9.66. The molecule has 4 heterocycles. The molecular formula is C42H52F2N8O3. The highest BCUT2D eigenvalue weighted by Gasteiger charge is 2.45. The van der Waals surface area contributed by atoms with Crippen molar-refractivity contribution in [2.45, 2.75) is 66.7 Å². The highest BCUT2D eigenvalue weighted by molar-refractivity contribution is 5.54. The normalized spacial score (nSPS) is 19.4. The molecule has 2 aliphatic rings. The van der Waals surface area contributed by atoms with Gasteiger partial charge in [-0.25, -0.2) is 32.5 Å². The Bertz CT molecular complexity index is 2080. The first-order chi connectivity index (χ1) is 26.2. The smallest absolute Gasteiger partial charge is 0.350 e. The van der Waals surface area contributed by atoms with Gasteiger partial charge in [0.2, 0.25) is 0 Å². The van der Waals surface area contributed by atoms with Gasteiger partial charge >= 0.3 is 5.69 Å². The summed E-state index contributed by atoms with van der Waals surface area (Å²) in [5, 5.41) is 8.68. The zero-order chi connectivity index (χ0) is 39.0. The Morgan fingerprint density at radius 2 is 1.45 bits per heavy atom. The maximum absolute atomic E-state index is 15.0. The summed E-state index contributed by atoms with van der Waals surface area (Å²) in [5.41, 5.74) is 2.28. The van der Waals surface area contributed by atoms with Gasteiger partial charge in [0.25, 0.3) is 0 Å². The third-order valence-corrected chi connectivity index (χ3v) is 11.2. The molecule has 55 heavy (non-hydrogen) atoms. The lowest BCUT2D eigenvalue weighted by Gasteiger charge is -2.40. The van der Waals surface area contributed by atoms with Crippen LogP contribution >= 0.6 is 0 Å². The van der Waals surface area contributed by atoms with E-state index in [9.17, 15) is 9.18 Å². The van der Waals surface area contributed by atoms with Crippen LogP contribution in [0, 0.1) is 34.3 Å². The van der Waals surface area contributed by atoms with E-state index >= 15 is 4.39 Å². The van der Waals surface area contributed by atoms with Gasteiger partial charge in [0, 0.05) is 55.1 Å². The standard InChI is InChI=1S/C42H52F2N8O3/c1-40(2,3)38(41(4,5)6)23-52-39(53)51(29-47-52)34-10-8-32(9-11-34)48-17-19-49(20-18-48)33-12-14-35(15-13-33)54-24-30-22-42(55-25-30,26-50-28-45-27-46-50)36-16-7-31(43)21-37(36)44/h7-16,21,27-30,38H,17-20,22-26H2,1-6H3/t30-,42?/m0/s1. The Labute approximate surface area is 321 Å². The van der Waals surface area contributed by atoms with Crippen molar-refractivity contribution in [3.05, 3.63) is 113 Å². The van der Waals surface area contributed by atoms with E-state index in [0.29, 0.717) is 31.7 Å². The van der Waals surface area contributed by atoms with Crippen molar-refractivity contribution in [1.29, 1.82) is 0 Å². The van der Waals surface area contributed by atoms with E-state index in [1.54, 1.807) is 26.6 Å². The van der Waals surface area contributed by atoms with Gasteiger partial charge in [-0.15, -0.1) is 0 Å². The lowest BCUT2D eigenvalue weighted by molar-refractivity contribution is -0.0206. The van der Waals surface area contributed by atoms with Gasteiger partial charge in [0.05, 0.1) is 32.0 Å². The second-order valence-corrected chi connectivity index (χ2v) is 17.1. The topological polar surface area (TPSA) is 95.5 Å². The van der Waals surface area contributed by atoms with Crippen molar-refractivity contribution in [2.24, 2.45) is 22.7 Å². The summed E-state index contributed by atoms with van der Waals surface area (Å²) in [6, 6.07) is 19.9. The number of halogens is 2. The van der Waals surface area contributed by atoms with Crippen LogP contribution in [-0.2, 0) is 23.4 Å². The third-order valence-electron chi connectivity index (χ3n) is 11.2. The Hall–Kier alpha value is -5.04. The van der Waals surface area contributed by atoms with Gasteiger partial charge in [0.1, 0.15) is 42.0 Å². The number of piperazine rings is 1. The predicted octanol–water partition coefficient (Wildman–Crippen LogP) is 6.95. The summed E-state index contributed by atoms with van der Waals surface area (Å²) >= 11 is 0. The van der Waals surface area contributed by atoms with Gasteiger partial charge < -0.3 is 19.3 Å². The van der Waals surface area contributed by atoms with Crippen LogP contribution in [0.5, 0.6) is 5.75 Å². The van der Waals surface area contributed by atoms with Crippen molar-refractivity contribution in [3.63, 3.8) is 0 Å². The minimum Gasteiger partial charge on any atom is -0.493 e. The molecule has 0 amide bonds. The number of hydrogen-bond acceptors (Lipinski definition) is 8. The summed E-state index contributed by atoms with van der Waals surface area (Å²) in [6.07, 6.45) is 5.10. The first-order valence-corrected chi connectivity index (χ1v) is 19.1. The largest absolute Gasteiger partial charge is 0.493 e. The van der Waals surface area contributed by atoms with E-state index in [2.05, 4.69) is 90.8 Å². The number of rotatable bonds is 11. The summed E-state index contributed by atoms with van der Waals surface area (Å²) in [6.45, 7) is 18.4. The molecule has 2 aromatic heterocycles. The zero-order valence-corrected chi connectivity index (χ0v) is 32.7. The number of nitrogens with zero attached hydrogens (tertiary/aromatic N) is 8. The Kier molecular flexibility index (Phi) is 10.6. The average molecular weight is 755 g/mol. The first kappa shape index (κ1) is 38.2. The molecule has 2 aliphatic heterocycles. The minimum absolute atomic E-state index is 0.00640. The quantitative estimate of drug-likeness (QED) is 0.143. The van der Waals surface area contributed by atoms with Crippen molar-refractivity contribution in [2.75, 3.05) is 49.2 Å². The monoisotopic (exact) mass is 754 g/mol. The third kappa shape index (κ3) is 8.46. The molecule has 3 aromatic carbocycles. The fourth-order valence-corrected chi connectivity index (χ4v) is 8.46. The van der Waals surface area contributed by atoms with Crippen LogP contribution in [0.15, 0.2) is 90.5 Å². The van der Waals surface area contributed by atoms with Crippen LogP contribution in [0.1, 0.15) is 53.5 Å². The molecule has 0 saturated carbocycles. The molecule has 0 N–H and O–H groups in total. The molecule has 0 spiro atoms. The predicted molar refractivity (Wildman–Crippen MR) is 209 cm³/mol. The van der Waals surface area contributed by atoms with Crippen LogP contribution < -0.4 is 20.2 Å². The molecular weight excluding hydrogens is 703 g/mol. The lowest BCUT2D eigenvalue weighted by Crippen LogP contribution is -2.46. The maximum Gasteiger partial charge on any atom is 0.350 e. The van der Waals surface area contributed by atoms with Crippen molar-refractivity contribution in [1.82, 2.24) is 29.1 Å². The van der Waals surface area contributed by atoms with E-state index in [-0.39, 0.29) is 34.9 Å². The number of benzene rings is 3. The van der Waals surface area contributed by atoms with E-state index in [1.807, 2.05) is 24.3 Å². The summed E-state index contributed by atoms with van der Waals surface area (Å²) in [4.78, 5) is 22.1. The number of aromatic nitrogens is 6. The van der Waals surface area contributed by atoms with Gasteiger partial charge in [-0.3, -0.25) is 0 Å². The first-order valence-electron chi connectivity index (χ1n) is 19.1. The van der Waals surface area contributed by atoms with E-state index < -0.39 is 17.2 Å². The van der Waals surface area contributed by atoms with Gasteiger partial charge in [-0.2, -0.15) is 10.2 Å². The molecule has 5 aromatic rings. The molecule has 292 valence electrons. The Balaban J connectivity index is 0.917. The van der Waals surface area contributed by atoms with Crippen LogP contribution in [0.25, 0.3) is 5.69 Å². The molecule has 1 unspecified atom stereocenters. The number of hydrogen-bond donors (Lipinski definition) is 0. The van der Waals surface area contributed by atoms with Crippen molar-refractivity contribution < 1.29 is 18.3 Å². The minimum atomic E-state index is -1.01. The molecule has 2 fully saturated rings. The summed E-state index contributed by atoms with van der Waals surface area (Å²) < 4.78 is 46.1. The van der Waals surface area contributed by atoms with Crippen molar-refractivity contribution >= 4 is 11.4 Å². The van der Waals surface area contributed by atoms with Crippen LogP contribution in [0.2, 0.25) is 0 Å². The highest BCUT2D eigenvalue weighted by atomic mass is 19.1. The fraction of sp³-hybridized carbons (Fsp3) is 0.476. The molecule has 11 nitrogen and oxygen atoms in total. The molecule has 0 radical (unpaired) electrons.